The highest BCUT2D eigenvalue weighted by Gasteiger charge is 2.15. The van der Waals surface area contributed by atoms with Crippen LogP contribution in [0, 0.1) is 5.92 Å². The number of methoxy groups -OCH3 is 1. The van der Waals surface area contributed by atoms with Crippen LogP contribution in [0.15, 0.2) is 0 Å². The van der Waals surface area contributed by atoms with Crippen molar-refractivity contribution in [2.75, 3.05) is 7.11 Å². The number of ether oxygens (including phenoxy) is 1. The van der Waals surface area contributed by atoms with Crippen LogP contribution >= 0.6 is 0 Å². The molecule has 0 aromatic carbocycles. The van der Waals surface area contributed by atoms with E-state index >= 15 is 0 Å². The topological polar surface area (TPSA) is 52.3 Å². The third kappa shape index (κ3) is 5.64. The van der Waals surface area contributed by atoms with Crippen molar-refractivity contribution in [2.45, 2.75) is 45.6 Å². The van der Waals surface area contributed by atoms with Crippen molar-refractivity contribution in [2.24, 2.45) is 11.7 Å². The van der Waals surface area contributed by atoms with E-state index in [4.69, 9.17) is 5.73 Å². The van der Waals surface area contributed by atoms with Crippen LogP contribution in [0.2, 0.25) is 0 Å². The Morgan fingerprint density at radius 2 is 2.15 bits per heavy atom. The molecule has 0 aromatic heterocycles. The fourth-order valence-electron chi connectivity index (χ4n) is 1.22. The van der Waals surface area contributed by atoms with Crippen molar-refractivity contribution < 1.29 is 9.53 Å². The van der Waals surface area contributed by atoms with E-state index in [-0.39, 0.29) is 12.0 Å². The molecule has 0 aliphatic carbocycles. The van der Waals surface area contributed by atoms with E-state index in [0.29, 0.717) is 12.3 Å². The second-order valence-electron chi connectivity index (χ2n) is 3.56. The van der Waals surface area contributed by atoms with E-state index in [1.54, 1.807) is 0 Å². The van der Waals surface area contributed by atoms with Crippen LogP contribution in [0.4, 0.5) is 0 Å². The first kappa shape index (κ1) is 12.4. The highest BCUT2D eigenvalue weighted by Crippen LogP contribution is 2.13. The lowest BCUT2D eigenvalue weighted by molar-refractivity contribution is -0.141. The average molecular weight is 187 g/mol. The van der Waals surface area contributed by atoms with Crippen molar-refractivity contribution in [3.05, 3.63) is 0 Å². The van der Waals surface area contributed by atoms with Gasteiger partial charge in [-0.05, 0) is 12.3 Å². The maximum atomic E-state index is 10.9. The normalized spacial score (nSPS) is 15.1. The van der Waals surface area contributed by atoms with Crippen LogP contribution in [0.1, 0.15) is 39.5 Å². The minimum atomic E-state index is -0.212. The molecule has 13 heavy (non-hydrogen) atoms. The Balaban J connectivity index is 3.68. The fraction of sp³-hybridized carbons (Fsp3) is 0.900. The van der Waals surface area contributed by atoms with E-state index < -0.39 is 0 Å². The van der Waals surface area contributed by atoms with Crippen molar-refractivity contribution >= 4 is 5.97 Å². The van der Waals surface area contributed by atoms with Gasteiger partial charge in [0.15, 0.2) is 0 Å². The average Bonchev–Trinajstić information content (AvgIpc) is 2.13. The minimum Gasteiger partial charge on any atom is -0.469 e. The first-order valence-electron chi connectivity index (χ1n) is 4.94. The van der Waals surface area contributed by atoms with Crippen LogP contribution in [-0.4, -0.2) is 19.1 Å². The molecule has 78 valence electrons. The molecule has 3 heteroatoms. The van der Waals surface area contributed by atoms with Crippen LogP contribution in [0.25, 0.3) is 0 Å². The first-order chi connectivity index (χ1) is 6.11. The molecular formula is C10H21NO2. The van der Waals surface area contributed by atoms with Crippen molar-refractivity contribution in [1.82, 2.24) is 0 Å². The number of hydrogen-bond donors (Lipinski definition) is 1. The second kappa shape index (κ2) is 6.89. The van der Waals surface area contributed by atoms with E-state index in [2.05, 4.69) is 18.6 Å². The van der Waals surface area contributed by atoms with E-state index in [1.165, 1.54) is 20.0 Å². The van der Waals surface area contributed by atoms with E-state index in [9.17, 15) is 4.79 Å². The SMILES string of the molecule is CCCCC(C)C(N)CC(=O)OC. The Kier molecular flexibility index (Phi) is 6.59. The van der Waals surface area contributed by atoms with Gasteiger partial charge in [-0.1, -0.05) is 26.7 Å². The van der Waals surface area contributed by atoms with Crippen molar-refractivity contribution in [3.8, 4) is 0 Å². The fourth-order valence-corrected chi connectivity index (χ4v) is 1.22. The van der Waals surface area contributed by atoms with Gasteiger partial charge in [0.05, 0.1) is 13.5 Å². The van der Waals surface area contributed by atoms with E-state index in [1.807, 2.05) is 0 Å². The summed E-state index contributed by atoms with van der Waals surface area (Å²) in [5.41, 5.74) is 5.83. The first-order valence-corrected chi connectivity index (χ1v) is 4.94. The number of carbonyl (C=O) groups excluding carboxylic acids is 1. The van der Waals surface area contributed by atoms with Gasteiger partial charge in [0.25, 0.3) is 0 Å². The Hall–Kier alpha value is -0.570. The molecule has 2 unspecified atom stereocenters. The van der Waals surface area contributed by atoms with Crippen LogP contribution in [-0.2, 0) is 9.53 Å². The largest absolute Gasteiger partial charge is 0.469 e. The maximum absolute atomic E-state index is 10.9. The summed E-state index contributed by atoms with van der Waals surface area (Å²) in [6.07, 6.45) is 3.78. The Bertz CT molecular complexity index is 148. The zero-order valence-electron chi connectivity index (χ0n) is 8.88. The van der Waals surface area contributed by atoms with Crippen molar-refractivity contribution in [3.63, 3.8) is 0 Å². The molecule has 0 heterocycles. The summed E-state index contributed by atoms with van der Waals surface area (Å²) in [6.45, 7) is 4.24. The molecule has 0 amide bonds. The quantitative estimate of drug-likeness (QED) is 0.644. The highest BCUT2D eigenvalue weighted by atomic mass is 16.5. The summed E-state index contributed by atoms with van der Waals surface area (Å²) in [5.74, 6) is 0.190. The molecule has 0 bridgehead atoms. The molecular weight excluding hydrogens is 166 g/mol. The van der Waals surface area contributed by atoms with Gasteiger partial charge in [0, 0.05) is 6.04 Å². The molecule has 0 aliphatic heterocycles. The molecule has 0 radical (unpaired) electrons. The number of carbonyl (C=O) groups is 1. The van der Waals surface area contributed by atoms with E-state index in [0.717, 1.165) is 6.42 Å². The lowest BCUT2D eigenvalue weighted by Gasteiger charge is -2.18. The monoisotopic (exact) mass is 187 g/mol. The molecule has 2 atom stereocenters. The molecule has 2 N–H and O–H groups in total. The van der Waals surface area contributed by atoms with Gasteiger partial charge in [-0.2, -0.15) is 0 Å². The predicted octanol–water partition coefficient (Wildman–Crippen LogP) is 1.70. The predicted molar refractivity (Wildman–Crippen MR) is 53.3 cm³/mol. The summed E-state index contributed by atoms with van der Waals surface area (Å²) in [6, 6.07) is -0.0565. The van der Waals surface area contributed by atoms with Gasteiger partial charge in [-0.15, -0.1) is 0 Å². The summed E-state index contributed by atoms with van der Waals surface area (Å²) in [4.78, 5) is 10.9. The number of unbranched alkanes of at least 4 members (excludes halogenated alkanes) is 1. The summed E-state index contributed by atoms with van der Waals surface area (Å²) < 4.78 is 4.56. The minimum absolute atomic E-state index is 0.0565. The second-order valence-corrected chi connectivity index (χ2v) is 3.56. The molecule has 0 aliphatic rings. The van der Waals surface area contributed by atoms with Crippen LogP contribution in [0.3, 0.4) is 0 Å². The standard InChI is InChI=1S/C10H21NO2/c1-4-5-6-8(2)9(11)7-10(12)13-3/h8-9H,4-7,11H2,1-3H3. The molecule has 0 fully saturated rings. The van der Waals surface area contributed by atoms with Crippen molar-refractivity contribution in [1.29, 1.82) is 0 Å². The lowest BCUT2D eigenvalue weighted by atomic mass is 9.94. The van der Waals surface area contributed by atoms with Gasteiger partial charge in [-0.3, -0.25) is 4.79 Å². The maximum Gasteiger partial charge on any atom is 0.307 e. The zero-order chi connectivity index (χ0) is 10.3. The van der Waals surface area contributed by atoms with Gasteiger partial charge < -0.3 is 10.5 Å². The molecule has 0 saturated heterocycles. The Morgan fingerprint density at radius 3 is 2.62 bits per heavy atom. The molecule has 0 aromatic rings. The molecule has 0 spiro atoms. The lowest BCUT2D eigenvalue weighted by Crippen LogP contribution is -2.31. The smallest absolute Gasteiger partial charge is 0.307 e. The Labute approximate surface area is 80.6 Å². The molecule has 0 rings (SSSR count). The van der Waals surface area contributed by atoms with Gasteiger partial charge >= 0.3 is 5.97 Å². The van der Waals surface area contributed by atoms with Gasteiger partial charge in [0.1, 0.15) is 0 Å². The van der Waals surface area contributed by atoms with Gasteiger partial charge in [0.2, 0.25) is 0 Å². The number of hydrogen-bond acceptors (Lipinski definition) is 3. The molecule has 3 nitrogen and oxygen atoms in total. The number of rotatable bonds is 6. The van der Waals surface area contributed by atoms with Gasteiger partial charge in [-0.25, -0.2) is 0 Å². The summed E-state index contributed by atoms with van der Waals surface area (Å²) in [7, 11) is 1.39. The number of nitrogens with two attached hydrogens (primary N) is 1. The van der Waals surface area contributed by atoms with Crippen LogP contribution in [0.5, 0.6) is 0 Å². The summed E-state index contributed by atoms with van der Waals surface area (Å²) >= 11 is 0. The zero-order valence-corrected chi connectivity index (χ0v) is 8.88. The third-order valence-electron chi connectivity index (χ3n) is 2.37. The highest BCUT2D eigenvalue weighted by molar-refractivity contribution is 5.69. The Morgan fingerprint density at radius 1 is 1.54 bits per heavy atom. The summed E-state index contributed by atoms with van der Waals surface area (Å²) in [5, 5.41) is 0. The molecule has 0 saturated carbocycles. The van der Waals surface area contributed by atoms with Crippen LogP contribution < -0.4 is 5.73 Å². The third-order valence-corrected chi connectivity index (χ3v) is 2.37. The number of esters is 1.